The minimum absolute atomic E-state index is 0.181. The minimum atomic E-state index is -0.484. The number of nitrogens with zero attached hydrogens (tertiary/aromatic N) is 2. The Morgan fingerprint density at radius 1 is 1.32 bits per heavy atom. The lowest BCUT2D eigenvalue weighted by atomic mass is 10.5. The van der Waals surface area contributed by atoms with Crippen molar-refractivity contribution < 1.29 is 19.1 Å². The van der Waals surface area contributed by atoms with Crippen LogP contribution in [0.15, 0.2) is 24.4 Å². The average Bonchev–Trinajstić information content (AvgIpc) is 2.81. The highest BCUT2D eigenvalue weighted by Crippen LogP contribution is 2.08. The first kappa shape index (κ1) is 14.7. The number of esters is 2. The molecule has 19 heavy (non-hydrogen) atoms. The van der Waals surface area contributed by atoms with Gasteiger partial charge >= 0.3 is 17.9 Å². The fourth-order valence-corrected chi connectivity index (χ4v) is 1.10. The Morgan fingerprint density at radius 3 is 2.32 bits per heavy atom. The van der Waals surface area contributed by atoms with Gasteiger partial charge in [-0.2, -0.15) is 5.10 Å². The van der Waals surface area contributed by atoms with Gasteiger partial charge in [0, 0.05) is 26.0 Å². The van der Waals surface area contributed by atoms with Gasteiger partial charge in [-0.3, -0.25) is 14.3 Å². The van der Waals surface area contributed by atoms with Crippen LogP contribution in [0.5, 0.6) is 0 Å². The van der Waals surface area contributed by atoms with Gasteiger partial charge in [-0.1, -0.05) is 13.8 Å². The summed E-state index contributed by atoms with van der Waals surface area (Å²) in [4.78, 5) is 22.4. The van der Waals surface area contributed by atoms with Crippen LogP contribution in [0.1, 0.15) is 26.7 Å². The first-order valence-electron chi connectivity index (χ1n) is 5.92. The van der Waals surface area contributed by atoms with E-state index in [9.17, 15) is 9.59 Å². The van der Waals surface area contributed by atoms with E-state index in [1.54, 1.807) is 37.8 Å². The van der Waals surface area contributed by atoms with E-state index in [0.29, 0.717) is 5.82 Å². The van der Waals surface area contributed by atoms with Crippen LogP contribution in [-0.2, 0) is 26.1 Å². The maximum absolute atomic E-state index is 11.2. The zero-order valence-corrected chi connectivity index (χ0v) is 11.2. The molecule has 0 aliphatic rings. The molecule has 0 aliphatic heterocycles. The quantitative estimate of drug-likeness (QED) is 0.622. The van der Waals surface area contributed by atoms with Gasteiger partial charge in [-0.05, 0) is 0 Å². The average molecular weight is 267 g/mol. The van der Waals surface area contributed by atoms with Crippen molar-refractivity contribution in [1.82, 2.24) is 9.78 Å². The van der Waals surface area contributed by atoms with E-state index in [1.807, 2.05) is 0 Å². The second-order valence-corrected chi connectivity index (χ2v) is 3.60. The summed E-state index contributed by atoms with van der Waals surface area (Å²) in [5, 5.41) is 6.79. The van der Waals surface area contributed by atoms with Gasteiger partial charge < -0.3 is 14.8 Å². The molecule has 0 saturated carbocycles. The van der Waals surface area contributed by atoms with Crippen LogP contribution in [-0.4, -0.2) is 21.7 Å². The third-order valence-corrected chi connectivity index (χ3v) is 2.17. The molecule has 0 fully saturated rings. The van der Waals surface area contributed by atoms with Crippen LogP contribution in [0, 0.1) is 0 Å². The Labute approximate surface area is 111 Å². The first-order valence-corrected chi connectivity index (χ1v) is 5.92. The van der Waals surface area contributed by atoms with Gasteiger partial charge in [0.25, 0.3) is 0 Å². The molecule has 0 saturated heterocycles. The number of ether oxygens (including phenoxy) is 2. The van der Waals surface area contributed by atoms with Crippen LogP contribution >= 0.6 is 0 Å². The van der Waals surface area contributed by atoms with E-state index < -0.39 is 11.9 Å². The highest BCUT2D eigenvalue weighted by Gasteiger charge is 2.10. The maximum Gasteiger partial charge on any atom is 0.313 e. The number of hydrogen-bond donors (Lipinski definition) is 1. The number of nitrogens with one attached hydrogen (secondary N) is 1. The summed E-state index contributed by atoms with van der Waals surface area (Å²) in [7, 11) is 1.74. The Kier molecular flexibility index (Phi) is 5.59. The molecule has 1 aromatic heterocycles. The van der Waals surface area contributed by atoms with Gasteiger partial charge in [0.15, 0.2) is 0 Å². The van der Waals surface area contributed by atoms with Crippen LogP contribution in [0.3, 0.4) is 0 Å². The summed E-state index contributed by atoms with van der Waals surface area (Å²) in [6.45, 7) is 3.30. The van der Waals surface area contributed by atoms with Crippen LogP contribution in [0.2, 0.25) is 0 Å². The maximum atomic E-state index is 11.2. The van der Waals surface area contributed by atoms with Gasteiger partial charge in [-0.25, -0.2) is 0 Å². The van der Waals surface area contributed by atoms with Crippen molar-refractivity contribution in [3.8, 4) is 0 Å². The molecule has 104 valence electrons. The normalized spacial score (nSPS) is 9.63. The van der Waals surface area contributed by atoms with Gasteiger partial charge in [0.2, 0.25) is 0 Å². The number of aromatic nitrogens is 2. The Bertz CT molecular complexity index is 459. The lowest BCUT2D eigenvalue weighted by Gasteiger charge is -2.08. The largest absolute Gasteiger partial charge is 0.391 e. The molecule has 0 unspecified atom stereocenters. The highest BCUT2D eigenvalue weighted by molar-refractivity contribution is 5.72. The van der Waals surface area contributed by atoms with E-state index in [0.717, 1.165) is 0 Å². The first-order chi connectivity index (χ1) is 9.06. The molecular formula is C12H17N3O4. The molecule has 7 heteroatoms. The number of rotatable bonds is 6. The summed E-state index contributed by atoms with van der Waals surface area (Å²) in [6, 6.07) is 1.72. The van der Waals surface area contributed by atoms with Gasteiger partial charge in [0.1, 0.15) is 5.82 Å². The molecule has 0 aliphatic carbocycles. The molecule has 1 heterocycles. The van der Waals surface area contributed by atoms with Crippen molar-refractivity contribution in [3.05, 3.63) is 24.4 Å². The molecule has 1 rings (SSSR count). The SMILES string of the molecule is CCC(=O)OC(=CNc1ccnn1C)OC(=O)CC. The highest BCUT2D eigenvalue weighted by atomic mass is 16.7. The van der Waals surface area contributed by atoms with Crippen molar-refractivity contribution in [2.45, 2.75) is 26.7 Å². The molecule has 0 radical (unpaired) electrons. The predicted octanol–water partition coefficient (Wildman–Crippen LogP) is 1.54. The molecule has 0 amide bonds. The van der Waals surface area contributed by atoms with Crippen molar-refractivity contribution in [2.24, 2.45) is 7.05 Å². The number of hydrogen-bond acceptors (Lipinski definition) is 6. The lowest BCUT2D eigenvalue weighted by molar-refractivity contribution is -0.153. The topological polar surface area (TPSA) is 82.4 Å². The molecule has 7 nitrogen and oxygen atoms in total. The monoisotopic (exact) mass is 267 g/mol. The third kappa shape index (κ3) is 4.82. The lowest BCUT2D eigenvalue weighted by Crippen LogP contribution is -2.11. The van der Waals surface area contributed by atoms with E-state index in [2.05, 4.69) is 10.4 Å². The smallest absolute Gasteiger partial charge is 0.313 e. The number of carbonyl (C=O) groups excluding carboxylic acids is 2. The fraction of sp³-hybridized carbons (Fsp3) is 0.417. The molecular weight excluding hydrogens is 250 g/mol. The van der Waals surface area contributed by atoms with Crippen molar-refractivity contribution in [2.75, 3.05) is 5.32 Å². The summed E-state index contributed by atoms with van der Waals surface area (Å²) in [5.41, 5.74) is 0. The standard InChI is InChI=1S/C12H17N3O4/c1-4-10(16)18-12(19-11(17)5-2)8-13-9-6-7-14-15(9)3/h6-8,13H,4-5H2,1-3H3. The Morgan fingerprint density at radius 2 is 1.89 bits per heavy atom. The summed E-state index contributed by atoms with van der Waals surface area (Å²) < 4.78 is 11.4. The van der Waals surface area contributed by atoms with Gasteiger partial charge in [0.05, 0.1) is 12.4 Å². The van der Waals surface area contributed by atoms with Crippen LogP contribution < -0.4 is 5.32 Å². The number of anilines is 1. The zero-order chi connectivity index (χ0) is 14.3. The Hall–Kier alpha value is -2.31. The van der Waals surface area contributed by atoms with Crippen LogP contribution in [0.4, 0.5) is 5.82 Å². The van der Waals surface area contributed by atoms with Crippen LogP contribution in [0.25, 0.3) is 0 Å². The summed E-state index contributed by atoms with van der Waals surface area (Å²) in [5.74, 6) is -0.485. The van der Waals surface area contributed by atoms with E-state index in [1.165, 1.54) is 6.20 Å². The summed E-state index contributed by atoms with van der Waals surface area (Å²) >= 11 is 0. The fourth-order valence-electron chi connectivity index (χ4n) is 1.10. The number of carbonyl (C=O) groups is 2. The second kappa shape index (κ2) is 7.20. The Balaban J connectivity index is 2.74. The predicted molar refractivity (Wildman–Crippen MR) is 67.7 cm³/mol. The molecule has 0 aromatic carbocycles. The molecule has 0 spiro atoms. The zero-order valence-electron chi connectivity index (χ0n) is 11.2. The minimum Gasteiger partial charge on any atom is -0.391 e. The van der Waals surface area contributed by atoms with Crippen molar-refractivity contribution in [3.63, 3.8) is 0 Å². The molecule has 1 N–H and O–H groups in total. The summed E-state index contributed by atoms with van der Waals surface area (Å²) in [6.07, 6.45) is 3.28. The third-order valence-electron chi connectivity index (χ3n) is 2.17. The molecule has 1 aromatic rings. The van der Waals surface area contributed by atoms with Crippen molar-refractivity contribution >= 4 is 17.8 Å². The molecule has 0 atom stereocenters. The van der Waals surface area contributed by atoms with E-state index in [-0.39, 0.29) is 18.8 Å². The van der Waals surface area contributed by atoms with Crippen molar-refractivity contribution in [1.29, 1.82) is 0 Å². The van der Waals surface area contributed by atoms with E-state index >= 15 is 0 Å². The van der Waals surface area contributed by atoms with E-state index in [4.69, 9.17) is 9.47 Å². The second-order valence-electron chi connectivity index (χ2n) is 3.60. The number of aryl methyl sites for hydroxylation is 1. The van der Waals surface area contributed by atoms with Gasteiger partial charge in [-0.15, -0.1) is 0 Å². The molecule has 0 bridgehead atoms.